The molecule has 0 aromatic carbocycles. The van der Waals surface area contributed by atoms with E-state index in [1.165, 1.54) is 122 Å². The van der Waals surface area contributed by atoms with Crippen LogP contribution < -0.4 is 0 Å². The molecule has 5 heteroatoms. The van der Waals surface area contributed by atoms with Crippen molar-refractivity contribution in [1.82, 2.24) is 0 Å². The van der Waals surface area contributed by atoms with Crippen molar-refractivity contribution in [2.24, 2.45) is 0 Å². The Labute approximate surface area is 409 Å². The van der Waals surface area contributed by atoms with Gasteiger partial charge in [-0.15, -0.1) is 0 Å². The maximum atomic E-state index is 12.8. The van der Waals surface area contributed by atoms with Gasteiger partial charge in [-0.25, -0.2) is 0 Å². The first-order chi connectivity index (χ1) is 32.6. The van der Waals surface area contributed by atoms with Crippen LogP contribution in [0.4, 0.5) is 0 Å². The molecular formula is C61H104O5. The van der Waals surface area contributed by atoms with E-state index < -0.39 is 6.10 Å². The Hall–Kier alpha value is -3.18. The monoisotopic (exact) mass is 917 g/mol. The fourth-order valence-electron chi connectivity index (χ4n) is 7.44. The van der Waals surface area contributed by atoms with Crippen molar-refractivity contribution in [2.75, 3.05) is 19.8 Å². The summed E-state index contributed by atoms with van der Waals surface area (Å²) in [4.78, 5) is 25.4. The van der Waals surface area contributed by atoms with E-state index in [1.807, 2.05) is 0 Å². The molecule has 0 spiro atoms. The lowest BCUT2D eigenvalue weighted by atomic mass is 10.1. The number of hydrogen-bond donors (Lipinski definition) is 0. The van der Waals surface area contributed by atoms with Crippen molar-refractivity contribution in [3.05, 3.63) is 97.2 Å². The van der Waals surface area contributed by atoms with Crippen LogP contribution in [0.5, 0.6) is 0 Å². The number of esters is 2. The minimum Gasteiger partial charge on any atom is -0.462 e. The SMILES string of the molecule is CC/C=C\C/C=C\C/C=C\C/C=C\C/C=C\C/C=C\CCCOCC(COC(=O)CCCCCCCCCCC/C=C\CCCCCCCC)OC(=O)CCCCCCC/C=C\CCCC. The summed E-state index contributed by atoms with van der Waals surface area (Å²) in [5.74, 6) is -0.443. The maximum absolute atomic E-state index is 12.8. The van der Waals surface area contributed by atoms with Crippen LogP contribution in [0.25, 0.3) is 0 Å². The third kappa shape index (κ3) is 53.4. The highest BCUT2D eigenvalue weighted by molar-refractivity contribution is 5.70. The predicted octanol–water partition coefficient (Wildman–Crippen LogP) is 19.0. The topological polar surface area (TPSA) is 61.8 Å². The van der Waals surface area contributed by atoms with Crippen molar-refractivity contribution >= 4 is 11.9 Å². The highest BCUT2D eigenvalue weighted by atomic mass is 16.6. The number of carbonyl (C=O) groups excluding carboxylic acids is 2. The smallest absolute Gasteiger partial charge is 0.306 e. The fraction of sp³-hybridized carbons (Fsp3) is 0.705. The number of hydrogen-bond acceptors (Lipinski definition) is 5. The summed E-state index contributed by atoms with van der Waals surface area (Å²) >= 11 is 0. The summed E-state index contributed by atoms with van der Waals surface area (Å²) < 4.78 is 17.4. The number of allylic oxidation sites excluding steroid dienone is 16. The Bertz CT molecular complexity index is 1270. The van der Waals surface area contributed by atoms with E-state index in [9.17, 15) is 9.59 Å². The van der Waals surface area contributed by atoms with Gasteiger partial charge in [0.15, 0.2) is 6.10 Å². The Morgan fingerprint density at radius 1 is 0.348 bits per heavy atom. The minimum atomic E-state index is -0.576. The number of unbranched alkanes of at least 4 members (excludes halogenated alkanes) is 23. The molecule has 66 heavy (non-hydrogen) atoms. The van der Waals surface area contributed by atoms with Gasteiger partial charge in [-0.3, -0.25) is 9.59 Å². The number of rotatable bonds is 50. The lowest BCUT2D eigenvalue weighted by molar-refractivity contribution is -0.163. The van der Waals surface area contributed by atoms with Gasteiger partial charge < -0.3 is 14.2 Å². The lowest BCUT2D eigenvalue weighted by Gasteiger charge is -2.18. The van der Waals surface area contributed by atoms with E-state index in [0.29, 0.717) is 19.4 Å². The second-order valence-electron chi connectivity index (χ2n) is 18.1. The third-order valence-electron chi connectivity index (χ3n) is 11.6. The first-order valence-electron chi connectivity index (χ1n) is 27.8. The molecule has 378 valence electrons. The molecule has 0 aromatic rings. The quantitative estimate of drug-likeness (QED) is 0.0346. The second-order valence-corrected chi connectivity index (χ2v) is 18.1. The van der Waals surface area contributed by atoms with Crippen LogP contribution in [0.15, 0.2) is 97.2 Å². The van der Waals surface area contributed by atoms with Gasteiger partial charge in [-0.2, -0.15) is 0 Å². The van der Waals surface area contributed by atoms with Gasteiger partial charge >= 0.3 is 11.9 Å². The van der Waals surface area contributed by atoms with Crippen molar-refractivity contribution in [3.8, 4) is 0 Å². The standard InChI is InChI=1S/C61H104O5/c1-4-7-10-13-16-19-22-24-26-28-30-32-34-36-38-41-44-47-50-53-56-64-57-59(66-61(63)55-52-49-46-43-39-21-18-15-12-9-6-3)58-65-60(62)54-51-48-45-42-40-37-35-33-31-29-27-25-23-20-17-14-11-8-5-2/h7,10,15-16,18-19,24-27,30,32,36,38,44,47,59H,4-6,8-9,11-14,17,20-23,28-29,31,33-35,37,39-43,45-46,48-58H2,1-3H3/b10-7-,18-15-,19-16-,26-24-,27-25-,32-30-,38-36-,47-44-. The summed E-state index contributed by atoms with van der Waals surface area (Å²) in [5, 5.41) is 0. The van der Waals surface area contributed by atoms with Crippen molar-refractivity contribution in [2.45, 2.75) is 258 Å². The van der Waals surface area contributed by atoms with Crippen LogP contribution in [-0.2, 0) is 23.8 Å². The zero-order valence-corrected chi connectivity index (χ0v) is 43.4. The molecule has 1 unspecified atom stereocenters. The van der Waals surface area contributed by atoms with Crippen molar-refractivity contribution < 1.29 is 23.8 Å². The zero-order chi connectivity index (χ0) is 47.7. The van der Waals surface area contributed by atoms with Crippen LogP contribution in [-0.4, -0.2) is 37.9 Å². The van der Waals surface area contributed by atoms with Gasteiger partial charge in [0, 0.05) is 19.4 Å². The van der Waals surface area contributed by atoms with Gasteiger partial charge in [0.1, 0.15) is 6.61 Å². The Morgan fingerprint density at radius 3 is 1.15 bits per heavy atom. The first-order valence-corrected chi connectivity index (χ1v) is 27.8. The second kappa shape index (κ2) is 56.1. The van der Waals surface area contributed by atoms with E-state index in [4.69, 9.17) is 14.2 Å². The normalized spacial score (nSPS) is 13.0. The molecular weight excluding hydrogens is 813 g/mol. The highest BCUT2D eigenvalue weighted by Gasteiger charge is 2.17. The van der Waals surface area contributed by atoms with Crippen molar-refractivity contribution in [3.63, 3.8) is 0 Å². The lowest BCUT2D eigenvalue weighted by Crippen LogP contribution is -2.30. The maximum Gasteiger partial charge on any atom is 0.306 e. The molecule has 0 saturated carbocycles. The molecule has 0 amide bonds. The summed E-state index contributed by atoms with van der Waals surface area (Å²) in [6, 6.07) is 0. The summed E-state index contributed by atoms with van der Waals surface area (Å²) in [6.45, 7) is 7.53. The van der Waals surface area contributed by atoms with Gasteiger partial charge in [-0.05, 0) is 109 Å². The highest BCUT2D eigenvalue weighted by Crippen LogP contribution is 2.14. The van der Waals surface area contributed by atoms with E-state index >= 15 is 0 Å². The van der Waals surface area contributed by atoms with Crippen LogP contribution in [0, 0.1) is 0 Å². The summed E-state index contributed by atoms with van der Waals surface area (Å²) in [6.07, 6.45) is 75.8. The molecule has 0 radical (unpaired) electrons. The molecule has 0 N–H and O–H groups in total. The van der Waals surface area contributed by atoms with Gasteiger partial charge in [0.2, 0.25) is 0 Å². The number of ether oxygens (including phenoxy) is 3. The minimum absolute atomic E-state index is 0.0540. The number of carbonyl (C=O) groups is 2. The van der Waals surface area contributed by atoms with E-state index in [2.05, 4.69) is 118 Å². The molecule has 1 atom stereocenters. The van der Waals surface area contributed by atoms with Gasteiger partial charge in [-0.1, -0.05) is 227 Å². The molecule has 0 rings (SSSR count). The largest absolute Gasteiger partial charge is 0.462 e. The molecule has 0 bridgehead atoms. The molecule has 0 fully saturated rings. The molecule has 0 aliphatic carbocycles. The molecule has 5 nitrogen and oxygen atoms in total. The molecule has 0 aliphatic rings. The Kier molecular flexibility index (Phi) is 53.4. The van der Waals surface area contributed by atoms with Gasteiger partial charge in [0.25, 0.3) is 0 Å². The Morgan fingerprint density at radius 2 is 0.697 bits per heavy atom. The third-order valence-corrected chi connectivity index (χ3v) is 11.6. The molecule has 0 heterocycles. The average molecular weight is 917 g/mol. The van der Waals surface area contributed by atoms with E-state index in [0.717, 1.165) is 96.3 Å². The van der Waals surface area contributed by atoms with E-state index in [1.54, 1.807) is 0 Å². The predicted molar refractivity (Wildman–Crippen MR) is 288 cm³/mol. The van der Waals surface area contributed by atoms with Crippen LogP contribution in [0.2, 0.25) is 0 Å². The first kappa shape index (κ1) is 62.8. The zero-order valence-electron chi connectivity index (χ0n) is 43.4. The van der Waals surface area contributed by atoms with Crippen molar-refractivity contribution in [1.29, 1.82) is 0 Å². The van der Waals surface area contributed by atoms with Crippen LogP contribution >= 0.6 is 0 Å². The summed E-state index contributed by atoms with van der Waals surface area (Å²) in [5.41, 5.74) is 0. The van der Waals surface area contributed by atoms with Gasteiger partial charge in [0.05, 0.1) is 6.61 Å². The average Bonchev–Trinajstić information content (AvgIpc) is 3.32. The van der Waals surface area contributed by atoms with Crippen LogP contribution in [0.3, 0.4) is 0 Å². The van der Waals surface area contributed by atoms with E-state index in [-0.39, 0.29) is 25.2 Å². The fourth-order valence-corrected chi connectivity index (χ4v) is 7.44. The molecule has 0 saturated heterocycles. The molecule has 0 aliphatic heterocycles. The Balaban J connectivity index is 4.32. The molecule has 0 aromatic heterocycles. The van der Waals surface area contributed by atoms with Crippen LogP contribution in [0.1, 0.15) is 252 Å². The summed E-state index contributed by atoms with van der Waals surface area (Å²) in [7, 11) is 0.